The molecular weight excluding hydrogens is 220 g/mol. The van der Waals surface area contributed by atoms with Gasteiger partial charge in [-0.1, -0.05) is 6.92 Å². The summed E-state index contributed by atoms with van der Waals surface area (Å²) >= 11 is 0. The topological polar surface area (TPSA) is 55.8 Å². The zero-order chi connectivity index (χ0) is 12.7. The molecule has 4 nitrogen and oxygen atoms in total. The molecule has 0 bridgehead atoms. The molecule has 0 heterocycles. The Morgan fingerprint density at radius 1 is 1.29 bits per heavy atom. The van der Waals surface area contributed by atoms with Crippen molar-refractivity contribution in [2.24, 2.45) is 11.3 Å². The molecule has 1 N–H and O–H groups in total. The van der Waals surface area contributed by atoms with Crippen molar-refractivity contribution in [3.63, 3.8) is 0 Å². The lowest BCUT2D eigenvalue weighted by atomic mass is 9.69. The van der Waals surface area contributed by atoms with E-state index in [0.717, 1.165) is 25.7 Å². The van der Waals surface area contributed by atoms with Crippen molar-refractivity contribution in [3.8, 4) is 0 Å². The monoisotopic (exact) mass is 244 g/mol. The molecule has 0 saturated heterocycles. The van der Waals surface area contributed by atoms with Crippen LogP contribution in [0.1, 0.15) is 39.0 Å². The molecule has 1 rings (SSSR count). The van der Waals surface area contributed by atoms with Gasteiger partial charge in [-0.15, -0.1) is 0 Å². The van der Waals surface area contributed by atoms with E-state index in [1.165, 1.54) is 0 Å². The second-order valence-corrected chi connectivity index (χ2v) is 5.12. The number of carboxylic acid groups (broad SMARTS) is 1. The maximum atomic E-state index is 11.4. The highest BCUT2D eigenvalue weighted by molar-refractivity contribution is 5.74. The van der Waals surface area contributed by atoms with Crippen LogP contribution in [0, 0.1) is 11.3 Å². The van der Waals surface area contributed by atoms with E-state index in [1.807, 2.05) is 0 Å². The first kappa shape index (κ1) is 14.5. The first-order valence-electron chi connectivity index (χ1n) is 6.41. The minimum atomic E-state index is -0.653. The van der Waals surface area contributed by atoms with Gasteiger partial charge in [0.15, 0.2) is 0 Å². The second kappa shape index (κ2) is 6.97. The van der Waals surface area contributed by atoms with Crippen molar-refractivity contribution in [2.75, 3.05) is 26.9 Å². The van der Waals surface area contributed by atoms with Gasteiger partial charge in [0, 0.05) is 13.7 Å². The van der Waals surface area contributed by atoms with E-state index in [0.29, 0.717) is 32.2 Å². The third-order valence-corrected chi connectivity index (χ3v) is 3.84. The molecule has 1 saturated carbocycles. The summed E-state index contributed by atoms with van der Waals surface area (Å²) in [6.45, 7) is 3.82. The number of aliphatic carboxylic acids is 1. The molecule has 0 spiro atoms. The van der Waals surface area contributed by atoms with Crippen LogP contribution in [0.25, 0.3) is 0 Å². The lowest BCUT2D eigenvalue weighted by molar-refractivity contribution is -0.153. The maximum Gasteiger partial charge on any atom is 0.309 e. The van der Waals surface area contributed by atoms with Crippen LogP contribution < -0.4 is 0 Å². The summed E-state index contributed by atoms with van der Waals surface area (Å²) < 4.78 is 10.3. The fraction of sp³-hybridized carbons (Fsp3) is 0.923. The summed E-state index contributed by atoms with van der Waals surface area (Å²) in [6, 6.07) is 0. The summed E-state index contributed by atoms with van der Waals surface area (Å²) in [5.74, 6) is 0.0108. The molecule has 0 aromatic carbocycles. The van der Waals surface area contributed by atoms with Crippen molar-refractivity contribution in [1.82, 2.24) is 0 Å². The third-order valence-electron chi connectivity index (χ3n) is 3.84. The molecule has 17 heavy (non-hydrogen) atoms. The third kappa shape index (κ3) is 4.28. The van der Waals surface area contributed by atoms with E-state index in [-0.39, 0.29) is 0 Å². The molecule has 100 valence electrons. The maximum absolute atomic E-state index is 11.4. The van der Waals surface area contributed by atoms with Crippen LogP contribution in [0.4, 0.5) is 0 Å². The molecule has 0 aliphatic heterocycles. The first-order chi connectivity index (χ1) is 8.10. The molecule has 0 aromatic rings. The Bertz CT molecular complexity index is 232. The Morgan fingerprint density at radius 3 is 2.47 bits per heavy atom. The summed E-state index contributed by atoms with van der Waals surface area (Å²) in [5.41, 5.74) is -0.542. The van der Waals surface area contributed by atoms with Crippen LogP contribution in [0.5, 0.6) is 0 Å². The van der Waals surface area contributed by atoms with Gasteiger partial charge in [-0.25, -0.2) is 0 Å². The van der Waals surface area contributed by atoms with Crippen LogP contribution >= 0.6 is 0 Å². The van der Waals surface area contributed by atoms with Crippen molar-refractivity contribution < 1.29 is 19.4 Å². The number of carboxylic acids is 1. The Balaban J connectivity index is 2.35. The molecule has 1 aliphatic carbocycles. The molecule has 4 heteroatoms. The van der Waals surface area contributed by atoms with Gasteiger partial charge in [-0.2, -0.15) is 0 Å². The molecule has 0 unspecified atom stereocenters. The largest absolute Gasteiger partial charge is 0.481 e. The summed E-state index contributed by atoms with van der Waals surface area (Å²) in [5, 5.41) is 9.40. The van der Waals surface area contributed by atoms with E-state index in [1.54, 1.807) is 7.11 Å². The smallest absolute Gasteiger partial charge is 0.309 e. The van der Waals surface area contributed by atoms with E-state index in [4.69, 9.17) is 9.47 Å². The van der Waals surface area contributed by atoms with Gasteiger partial charge >= 0.3 is 5.97 Å². The van der Waals surface area contributed by atoms with Crippen LogP contribution in [-0.2, 0) is 14.3 Å². The van der Waals surface area contributed by atoms with Gasteiger partial charge in [0.05, 0.1) is 18.6 Å². The van der Waals surface area contributed by atoms with Gasteiger partial charge in [-0.3, -0.25) is 4.79 Å². The number of hydrogen-bond acceptors (Lipinski definition) is 3. The Kier molecular flexibility index (Phi) is 5.92. The zero-order valence-electron chi connectivity index (χ0n) is 10.9. The SMILES string of the molecule is COCCOCCC1(C(=O)O)CCC(C)CC1. The fourth-order valence-electron chi connectivity index (χ4n) is 2.40. The number of methoxy groups -OCH3 is 1. The second-order valence-electron chi connectivity index (χ2n) is 5.12. The van der Waals surface area contributed by atoms with E-state index >= 15 is 0 Å². The zero-order valence-corrected chi connectivity index (χ0v) is 10.9. The molecule has 0 atom stereocenters. The number of rotatable bonds is 7. The number of hydrogen-bond donors (Lipinski definition) is 1. The van der Waals surface area contributed by atoms with Crippen molar-refractivity contribution >= 4 is 5.97 Å². The molecule has 0 aromatic heterocycles. The van der Waals surface area contributed by atoms with Crippen LogP contribution in [0.15, 0.2) is 0 Å². The normalized spacial score (nSPS) is 29.2. The van der Waals surface area contributed by atoms with Crippen molar-refractivity contribution in [2.45, 2.75) is 39.0 Å². The molecular formula is C13H24O4. The summed E-state index contributed by atoms with van der Waals surface area (Å²) in [4.78, 5) is 11.4. The highest BCUT2D eigenvalue weighted by Crippen LogP contribution is 2.41. The van der Waals surface area contributed by atoms with Crippen molar-refractivity contribution in [1.29, 1.82) is 0 Å². The lowest BCUT2D eigenvalue weighted by Crippen LogP contribution is -2.36. The first-order valence-corrected chi connectivity index (χ1v) is 6.41. The Morgan fingerprint density at radius 2 is 1.94 bits per heavy atom. The minimum Gasteiger partial charge on any atom is -0.481 e. The standard InChI is InChI=1S/C13H24O4/c1-11-3-5-13(6-4-11,12(14)15)7-8-17-10-9-16-2/h11H,3-10H2,1-2H3,(H,14,15). The minimum absolute atomic E-state index is 0.518. The van der Waals surface area contributed by atoms with Gasteiger partial charge in [0.25, 0.3) is 0 Å². The van der Waals surface area contributed by atoms with Gasteiger partial charge in [0.1, 0.15) is 0 Å². The van der Waals surface area contributed by atoms with Crippen LogP contribution in [-0.4, -0.2) is 38.0 Å². The highest BCUT2D eigenvalue weighted by atomic mass is 16.5. The molecule has 1 fully saturated rings. The Hall–Kier alpha value is -0.610. The van der Waals surface area contributed by atoms with Crippen molar-refractivity contribution in [3.05, 3.63) is 0 Å². The highest BCUT2D eigenvalue weighted by Gasteiger charge is 2.40. The summed E-state index contributed by atoms with van der Waals surface area (Å²) in [7, 11) is 1.63. The van der Waals surface area contributed by atoms with E-state index in [9.17, 15) is 9.90 Å². The number of ether oxygens (including phenoxy) is 2. The molecule has 1 aliphatic rings. The van der Waals surface area contributed by atoms with E-state index in [2.05, 4.69) is 6.92 Å². The predicted octanol–water partition coefficient (Wildman–Crippen LogP) is 2.32. The van der Waals surface area contributed by atoms with Gasteiger partial charge in [0.2, 0.25) is 0 Å². The average molecular weight is 244 g/mol. The van der Waals surface area contributed by atoms with Crippen LogP contribution in [0.2, 0.25) is 0 Å². The number of carbonyl (C=O) groups is 1. The van der Waals surface area contributed by atoms with Crippen LogP contribution in [0.3, 0.4) is 0 Å². The fourth-order valence-corrected chi connectivity index (χ4v) is 2.40. The lowest BCUT2D eigenvalue weighted by Gasteiger charge is -2.35. The van der Waals surface area contributed by atoms with Gasteiger partial charge < -0.3 is 14.6 Å². The molecule has 0 amide bonds. The average Bonchev–Trinajstić information content (AvgIpc) is 2.31. The predicted molar refractivity (Wildman–Crippen MR) is 65.0 cm³/mol. The Labute approximate surface area is 103 Å². The summed E-state index contributed by atoms with van der Waals surface area (Å²) in [6.07, 6.45) is 4.24. The molecule has 0 radical (unpaired) electrons. The van der Waals surface area contributed by atoms with Gasteiger partial charge in [-0.05, 0) is 38.0 Å². The van der Waals surface area contributed by atoms with E-state index < -0.39 is 11.4 Å². The quantitative estimate of drug-likeness (QED) is 0.698.